The number of Topliss-reactive ketones (excluding diaryl/α,β-unsaturated/α-hetero) is 2. The predicted molar refractivity (Wildman–Crippen MR) is 109 cm³/mol. The van der Waals surface area contributed by atoms with Crippen LogP contribution in [0.3, 0.4) is 0 Å². The fourth-order valence-corrected chi connectivity index (χ4v) is 5.97. The summed E-state index contributed by atoms with van der Waals surface area (Å²) in [7, 11) is 1.51. The molecule has 1 aromatic rings. The lowest BCUT2D eigenvalue weighted by atomic mass is 9.56. The molecule has 0 spiro atoms. The predicted octanol–water partition coefficient (Wildman–Crippen LogP) is 4.26. The third-order valence-electron chi connectivity index (χ3n) is 7.07. The molecule has 5 heteroatoms. The van der Waals surface area contributed by atoms with Crippen LogP contribution < -0.4 is 4.74 Å². The number of carbonyl (C=O) groups excluding carboxylic acids is 2. The van der Waals surface area contributed by atoms with Crippen LogP contribution in [0.15, 0.2) is 18.2 Å². The van der Waals surface area contributed by atoms with E-state index in [0.29, 0.717) is 18.6 Å². The Bertz CT molecular complexity index is 798. The fraction of sp³-hybridized carbons (Fsp3) is 0.667. The van der Waals surface area contributed by atoms with E-state index >= 15 is 0 Å². The van der Waals surface area contributed by atoms with E-state index in [1.54, 1.807) is 12.1 Å². The lowest BCUT2D eigenvalue weighted by Crippen LogP contribution is -2.58. The second kappa shape index (κ2) is 6.83. The molecule has 1 N–H and O–H groups in total. The highest BCUT2D eigenvalue weighted by molar-refractivity contribution is 5.89. The van der Waals surface area contributed by atoms with E-state index in [1.807, 2.05) is 6.07 Å². The third-order valence-corrected chi connectivity index (χ3v) is 7.07. The van der Waals surface area contributed by atoms with Crippen molar-refractivity contribution in [3.05, 3.63) is 23.8 Å². The van der Waals surface area contributed by atoms with Crippen LogP contribution in [0.25, 0.3) is 0 Å². The number of hydrogen-bond acceptors (Lipinski definition) is 5. The number of benzene rings is 1. The number of fused-ring (bicyclic) bond motifs is 2. The number of ketones is 2. The van der Waals surface area contributed by atoms with Crippen molar-refractivity contribution in [1.29, 1.82) is 0 Å². The molecule has 0 aromatic heterocycles. The van der Waals surface area contributed by atoms with Gasteiger partial charge in [-0.15, -0.1) is 0 Å². The number of phenols is 1. The Labute approximate surface area is 172 Å². The molecule has 2 aliphatic carbocycles. The number of hydrogen-bond donors (Lipinski definition) is 1. The van der Waals surface area contributed by atoms with Crippen LogP contribution >= 0.6 is 0 Å². The van der Waals surface area contributed by atoms with Crippen molar-refractivity contribution in [3.8, 4) is 11.5 Å². The number of carbonyl (C=O) groups is 2. The summed E-state index contributed by atoms with van der Waals surface area (Å²) < 4.78 is 11.8. The van der Waals surface area contributed by atoms with Gasteiger partial charge in [-0.1, -0.05) is 33.8 Å². The van der Waals surface area contributed by atoms with E-state index in [4.69, 9.17) is 9.47 Å². The van der Waals surface area contributed by atoms with Crippen LogP contribution in [0, 0.1) is 22.7 Å². The number of aromatic hydroxyl groups is 1. The van der Waals surface area contributed by atoms with Crippen molar-refractivity contribution in [2.24, 2.45) is 22.7 Å². The van der Waals surface area contributed by atoms with Gasteiger partial charge in [-0.05, 0) is 41.4 Å². The molecule has 3 fully saturated rings. The second-order valence-corrected chi connectivity index (χ2v) is 10.7. The van der Waals surface area contributed by atoms with Crippen LogP contribution in [0.2, 0.25) is 0 Å². The topological polar surface area (TPSA) is 72.8 Å². The number of phenolic OH excluding ortho intramolecular Hbond substituents is 1. The van der Waals surface area contributed by atoms with Crippen molar-refractivity contribution >= 4 is 11.6 Å². The Kier molecular flexibility index (Phi) is 4.80. The summed E-state index contributed by atoms with van der Waals surface area (Å²) in [5.74, 6) is -0.107. The summed E-state index contributed by atoms with van der Waals surface area (Å²) in [6.07, 6.45) is 2.26. The first-order valence-corrected chi connectivity index (χ1v) is 10.6. The number of rotatable bonds is 2. The minimum Gasteiger partial charge on any atom is -0.504 e. The molecule has 0 radical (unpaired) electrons. The molecule has 3 aliphatic rings. The minimum absolute atomic E-state index is 0.0589. The molecule has 4 unspecified atom stereocenters. The van der Waals surface area contributed by atoms with E-state index < -0.39 is 0 Å². The van der Waals surface area contributed by atoms with Crippen LogP contribution in [0.5, 0.6) is 11.5 Å². The highest BCUT2D eigenvalue weighted by Crippen LogP contribution is 2.55. The molecule has 0 bridgehead atoms. The summed E-state index contributed by atoms with van der Waals surface area (Å²) in [6, 6.07) is 5.23. The third kappa shape index (κ3) is 3.58. The van der Waals surface area contributed by atoms with Crippen LogP contribution in [0.4, 0.5) is 0 Å². The van der Waals surface area contributed by atoms with Gasteiger partial charge < -0.3 is 14.6 Å². The first kappa shape index (κ1) is 20.4. The van der Waals surface area contributed by atoms with Crippen LogP contribution in [0.1, 0.15) is 64.9 Å². The summed E-state index contributed by atoms with van der Waals surface area (Å²) >= 11 is 0. The highest BCUT2D eigenvalue weighted by Gasteiger charge is 2.57. The Balaban J connectivity index is 1.82. The molecule has 29 heavy (non-hydrogen) atoms. The van der Waals surface area contributed by atoms with Crippen molar-refractivity contribution in [2.75, 3.05) is 7.11 Å². The Morgan fingerprint density at radius 2 is 1.45 bits per heavy atom. The smallest absolute Gasteiger partial charge is 0.160 e. The van der Waals surface area contributed by atoms with Gasteiger partial charge in [0.05, 0.1) is 31.2 Å². The second-order valence-electron chi connectivity index (χ2n) is 10.7. The SMILES string of the molecule is COc1cc(C2C3C(=O)CC(C)(C)CC3OC3CC(C)(C)CC(=O)C32)ccc1O. The molecule has 1 aromatic carbocycles. The monoisotopic (exact) mass is 400 g/mol. The standard InChI is InChI=1S/C24H32O5/c1-23(2)9-15(26)21-18(11-23)29-19-12-24(3,4)10-16(27)22(19)20(21)13-6-7-14(25)17(8-13)28-5/h6-8,18-22,25H,9-12H2,1-5H3. The van der Waals surface area contributed by atoms with Gasteiger partial charge in [-0.25, -0.2) is 0 Å². The van der Waals surface area contributed by atoms with E-state index in [-0.39, 0.29) is 58.1 Å². The van der Waals surface area contributed by atoms with Crippen LogP contribution in [-0.2, 0) is 14.3 Å². The zero-order chi connectivity index (χ0) is 21.1. The van der Waals surface area contributed by atoms with Gasteiger partial charge in [0.1, 0.15) is 11.6 Å². The zero-order valence-corrected chi connectivity index (χ0v) is 18.0. The largest absolute Gasteiger partial charge is 0.504 e. The summed E-state index contributed by atoms with van der Waals surface area (Å²) in [6.45, 7) is 8.46. The molecule has 4 atom stereocenters. The average Bonchev–Trinajstić information content (AvgIpc) is 2.58. The molecular weight excluding hydrogens is 368 g/mol. The lowest BCUT2D eigenvalue weighted by Gasteiger charge is -2.54. The lowest BCUT2D eigenvalue weighted by molar-refractivity contribution is -0.186. The van der Waals surface area contributed by atoms with Crippen molar-refractivity contribution in [3.63, 3.8) is 0 Å². The maximum atomic E-state index is 13.3. The molecule has 1 aliphatic heterocycles. The van der Waals surface area contributed by atoms with Gasteiger partial charge in [0.2, 0.25) is 0 Å². The van der Waals surface area contributed by atoms with E-state index in [9.17, 15) is 14.7 Å². The molecule has 1 saturated heterocycles. The highest BCUT2D eigenvalue weighted by atomic mass is 16.5. The fourth-order valence-electron chi connectivity index (χ4n) is 5.97. The van der Waals surface area contributed by atoms with E-state index in [1.165, 1.54) is 7.11 Å². The summed E-state index contributed by atoms with van der Waals surface area (Å²) in [5, 5.41) is 10.1. The Morgan fingerprint density at radius 1 is 0.931 bits per heavy atom. The van der Waals surface area contributed by atoms with Gasteiger partial charge in [0, 0.05) is 18.8 Å². The van der Waals surface area contributed by atoms with E-state index in [2.05, 4.69) is 27.7 Å². The van der Waals surface area contributed by atoms with Crippen molar-refractivity contribution in [2.45, 2.75) is 71.5 Å². The van der Waals surface area contributed by atoms with Gasteiger partial charge in [0.25, 0.3) is 0 Å². The van der Waals surface area contributed by atoms with Gasteiger partial charge in [0.15, 0.2) is 11.5 Å². The molecule has 2 saturated carbocycles. The minimum atomic E-state index is -0.330. The summed E-state index contributed by atoms with van der Waals surface area (Å²) in [4.78, 5) is 26.6. The van der Waals surface area contributed by atoms with Crippen LogP contribution in [-0.4, -0.2) is 36.0 Å². The summed E-state index contributed by atoms with van der Waals surface area (Å²) in [5.41, 5.74) is 0.682. The zero-order valence-electron chi connectivity index (χ0n) is 18.0. The van der Waals surface area contributed by atoms with E-state index in [0.717, 1.165) is 18.4 Å². The number of ether oxygens (including phenoxy) is 2. The molecule has 5 nitrogen and oxygen atoms in total. The Morgan fingerprint density at radius 3 is 1.93 bits per heavy atom. The molecule has 4 rings (SSSR count). The first-order valence-electron chi connectivity index (χ1n) is 10.6. The van der Waals surface area contributed by atoms with Gasteiger partial charge >= 0.3 is 0 Å². The molecular formula is C24H32O5. The maximum Gasteiger partial charge on any atom is 0.160 e. The van der Waals surface area contributed by atoms with Gasteiger partial charge in [-0.3, -0.25) is 9.59 Å². The van der Waals surface area contributed by atoms with Crippen molar-refractivity contribution < 1.29 is 24.2 Å². The molecule has 158 valence electrons. The quantitative estimate of drug-likeness (QED) is 0.803. The average molecular weight is 401 g/mol. The van der Waals surface area contributed by atoms with Crippen molar-refractivity contribution in [1.82, 2.24) is 0 Å². The Hall–Kier alpha value is -1.88. The molecule has 0 amide bonds. The number of methoxy groups -OCH3 is 1. The van der Waals surface area contributed by atoms with Gasteiger partial charge in [-0.2, -0.15) is 0 Å². The first-order chi connectivity index (χ1) is 13.5. The molecule has 1 heterocycles. The normalized spacial score (nSPS) is 35.6. The maximum absolute atomic E-state index is 13.3.